The van der Waals surface area contributed by atoms with Crippen LogP contribution in [0.15, 0.2) is 0 Å². The van der Waals surface area contributed by atoms with Crippen LogP contribution < -0.4 is 5.32 Å². The molecule has 3 aliphatic rings. The molecule has 0 aromatic rings. The summed E-state index contributed by atoms with van der Waals surface area (Å²) in [4.78, 5) is 2.96. The summed E-state index contributed by atoms with van der Waals surface area (Å²) in [5.41, 5.74) is 0.865. The standard InChI is InChI=1S/C18H34N2/c1-3-17(2)14-19-18(12-8-9-13-18)15-20(17)16-10-6-4-5-7-11-16/h16,19H,3-15H2,1-2H3. The van der Waals surface area contributed by atoms with Crippen LogP contribution in [0.1, 0.15) is 84.5 Å². The lowest BCUT2D eigenvalue weighted by Crippen LogP contribution is -2.70. The third kappa shape index (κ3) is 2.78. The fourth-order valence-corrected chi connectivity index (χ4v) is 4.91. The van der Waals surface area contributed by atoms with E-state index >= 15 is 0 Å². The summed E-state index contributed by atoms with van der Waals surface area (Å²) in [6, 6.07) is 0.863. The van der Waals surface area contributed by atoms with Crippen LogP contribution in [0.25, 0.3) is 0 Å². The van der Waals surface area contributed by atoms with E-state index in [2.05, 4.69) is 24.1 Å². The number of piperazine rings is 1. The van der Waals surface area contributed by atoms with Crippen LogP contribution >= 0.6 is 0 Å². The van der Waals surface area contributed by atoms with Crippen molar-refractivity contribution in [2.45, 2.75) is 102 Å². The Bertz CT molecular complexity index is 313. The summed E-state index contributed by atoms with van der Waals surface area (Å²) in [7, 11) is 0. The first-order chi connectivity index (χ1) is 9.68. The van der Waals surface area contributed by atoms with Gasteiger partial charge >= 0.3 is 0 Å². The molecule has 2 heteroatoms. The highest BCUT2D eigenvalue weighted by Crippen LogP contribution is 2.39. The summed E-state index contributed by atoms with van der Waals surface area (Å²) < 4.78 is 0. The van der Waals surface area contributed by atoms with Crippen molar-refractivity contribution in [1.29, 1.82) is 0 Å². The van der Waals surface area contributed by atoms with Gasteiger partial charge in [-0.1, -0.05) is 45.4 Å². The molecule has 0 bridgehead atoms. The lowest BCUT2D eigenvalue weighted by molar-refractivity contribution is -0.0231. The molecule has 3 rings (SSSR count). The third-order valence-electron chi connectivity index (χ3n) is 6.60. The average molecular weight is 278 g/mol. The van der Waals surface area contributed by atoms with Crippen LogP contribution in [0.2, 0.25) is 0 Å². The number of nitrogens with one attached hydrogen (secondary N) is 1. The second kappa shape index (κ2) is 5.96. The summed E-state index contributed by atoms with van der Waals surface area (Å²) in [6.07, 6.45) is 15.7. The van der Waals surface area contributed by atoms with Crippen molar-refractivity contribution in [3.05, 3.63) is 0 Å². The van der Waals surface area contributed by atoms with Gasteiger partial charge in [-0.05, 0) is 39.0 Å². The van der Waals surface area contributed by atoms with Gasteiger partial charge in [0.25, 0.3) is 0 Å². The van der Waals surface area contributed by atoms with Crippen molar-refractivity contribution in [2.24, 2.45) is 0 Å². The molecule has 1 N–H and O–H groups in total. The molecular weight excluding hydrogens is 244 g/mol. The summed E-state index contributed by atoms with van der Waals surface area (Å²) in [5, 5.41) is 3.98. The quantitative estimate of drug-likeness (QED) is 0.765. The third-order valence-corrected chi connectivity index (χ3v) is 6.60. The predicted octanol–water partition coefficient (Wildman–Crippen LogP) is 4.10. The zero-order chi connectivity index (χ0) is 14.1. The Labute approximate surface area is 125 Å². The Morgan fingerprint density at radius 2 is 1.65 bits per heavy atom. The lowest BCUT2D eigenvalue weighted by Gasteiger charge is -2.55. The molecular formula is C18H34N2. The highest BCUT2D eigenvalue weighted by Gasteiger charge is 2.47. The van der Waals surface area contributed by atoms with Crippen LogP contribution in [0.4, 0.5) is 0 Å². The van der Waals surface area contributed by atoms with E-state index in [4.69, 9.17) is 0 Å². The minimum Gasteiger partial charge on any atom is -0.308 e. The van der Waals surface area contributed by atoms with Crippen LogP contribution in [0, 0.1) is 0 Å². The molecule has 20 heavy (non-hydrogen) atoms. The van der Waals surface area contributed by atoms with Crippen LogP contribution in [-0.4, -0.2) is 35.1 Å². The average Bonchev–Trinajstić information content (AvgIpc) is 2.75. The fourth-order valence-electron chi connectivity index (χ4n) is 4.91. The van der Waals surface area contributed by atoms with E-state index in [0.717, 1.165) is 6.04 Å². The second-order valence-corrected chi connectivity index (χ2v) is 7.96. The molecule has 1 atom stereocenters. The largest absolute Gasteiger partial charge is 0.308 e. The Morgan fingerprint density at radius 3 is 2.25 bits per heavy atom. The van der Waals surface area contributed by atoms with E-state index in [1.165, 1.54) is 83.7 Å². The van der Waals surface area contributed by atoms with Crippen LogP contribution in [-0.2, 0) is 0 Å². The minimum atomic E-state index is 0.392. The van der Waals surface area contributed by atoms with Gasteiger partial charge in [0, 0.05) is 30.2 Å². The molecule has 2 aliphatic carbocycles. The normalized spacial score (nSPS) is 36.3. The van der Waals surface area contributed by atoms with E-state index in [0.29, 0.717) is 11.1 Å². The van der Waals surface area contributed by atoms with Gasteiger partial charge in [0.05, 0.1) is 0 Å². The van der Waals surface area contributed by atoms with Crippen molar-refractivity contribution in [3.8, 4) is 0 Å². The molecule has 0 radical (unpaired) electrons. The number of rotatable bonds is 2. The van der Waals surface area contributed by atoms with Gasteiger partial charge in [0.2, 0.25) is 0 Å². The molecule has 1 saturated heterocycles. The minimum absolute atomic E-state index is 0.392. The number of hydrogen-bond donors (Lipinski definition) is 1. The van der Waals surface area contributed by atoms with E-state index in [1.54, 1.807) is 0 Å². The van der Waals surface area contributed by atoms with Crippen LogP contribution in [0.5, 0.6) is 0 Å². The zero-order valence-electron chi connectivity index (χ0n) is 13.7. The Hall–Kier alpha value is -0.0800. The molecule has 0 aromatic heterocycles. The smallest absolute Gasteiger partial charge is 0.0309 e. The zero-order valence-corrected chi connectivity index (χ0v) is 13.7. The molecule has 2 nitrogen and oxygen atoms in total. The van der Waals surface area contributed by atoms with Gasteiger partial charge < -0.3 is 5.32 Å². The Kier molecular flexibility index (Phi) is 4.42. The van der Waals surface area contributed by atoms with Crippen molar-refractivity contribution in [3.63, 3.8) is 0 Å². The van der Waals surface area contributed by atoms with E-state index in [9.17, 15) is 0 Å². The van der Waals surface area contributed by atoms with Crippen molar-refractivity contribution in [1.82, 2.24) is 10.2 Å². The predicted molar refractivity (Wildman–Crippen MR) is 86.1 cm³/mol. The molecule has 0 amide bonds. The van der Waals surface area contributed by atoms with Crippen molar-refractivity contribution in [2.75, 3.05) is 13.1 Å². The molecule has 1 unspecified atom stereocenters. The number of hydrogen-bond acceptors (Lipinski definition) is 2. The molecule has 1 heterocycles. The Balaban J connectivity index is 1.77. The van der Waals surface area contributed by atoms with Gasteiger partial charge in [0.1, 0.15) is 0 Å². The van der Waals surface area contributed by atoms with Crippen molar-refractivity contribution < 1.29 is 0 Å². The highest BCUT2D eigenvalue weighted by molar-refractivity contribution is 5.06. The molecule has 1 spiro atoms. The van der Waals surface area contributed by atoms with Crippen LogP contribution in [0.3, 0.4) is 0 Å². The van der Waals surface area contributed by atoms with E-state index in [1.807, 2.05) is 0 Å². The topological polar surface area (TPSA) is 15.3 Å². The van der Waals surface area contributed by atoms with Gasteiger partial charge in [-0.15, -0.1) is 0 Å². The second-order valence-electron chi connectivity index (χ2n) is 7.96. The van der Waals surface area contributed by atoms with Gasteiger partial charge in [0.15, 0.2) is 0 Å². The maximum Gasteiger partial charge on any atom is 0.0309 e. The first kappa shape index (κ1) is 14.8. The molecule has 116 valence electrons. The Morgan fingerprint density at radius 1 is 1.00 bits per heavy atom. The summed E-state index contributed by atoms with van der Waals surface area (Å²) >= 11 is 0. The summed E-state index contributed by atoms with van der Waals surface area (Å²) in [5.74, 6) is 0. The monoisotopic (exact) mass is 278 g/mol. The van der Waals surface area contributed by atoms with Crippen molar-refractivity contribution >= 4 is 0 Å². The first-order valence-electron chi connectivity index (χ1n) is 9.19. The molecule has 1 aliphatic heterocycles. The van der Waals surface area contributed by atoms with Gasteiger partial charge in [-0.3, -0.25) is 4.90 Å². The van der Waals surface area contributed by atoms with Gasteiger partial charge in [-0.25, -0.2) is 0 Å². The van der Waals surface area contributed by atoms with E-state index < -0.39 is 0 Å². The SMILES string of the molecule is CCC1(C)CNC2(CCCC2)CN1C1CCCCCC1. The van der Waals surface area contributed by atoms with Gasteiger partial charge in [-0.2, -0.15) is 0 Å². The maximum atomic E-state index is 3.98. The number of nitrogens with zero attached hydrogens (tertiary/aromatic N) is 1. The molecule has 0 aromatic carbocycles. The summed E-state index contributed by atoms with van der Waals surface area (Å²) in [6.45, 7) is 7.42. The molecule has 3 fully saturated rings. The first-order valence-corrected chi connectivity index (χ1v) is 9.19. The fraction of sp³-hybridized carbons (Fsp3) is 1.00. The molecule has 2 saturated carbocycles. The van der Waals surface area contributed by atoms with E-state index in [-0.39, 0.29) is 0 Å². The maximum absolute atomic E-state index is 3.98. The lowest BCUT2D eigenvalue weighted by atomic mass is 9.83. The highest BCUT2D eigenvalue weighted by atomic mass is 15.3.